The summed E-state index contributed by atoms with van der Waals surface area (Å²) in [7, 11) is 0. The minimum Gasteiger partial charge on any atom is -0.378 e. The summed E-state index contributed by atoms with van der Waals surface area (Å²) in [5.74, 6) is 0.0291. The number of rotatable bonds is 4. The number of hydrogen-bond acceptors (Lipinski definition) is 3. The van der Waals surface area contributed by atoms with Crippen LogP contribution in [0.1, 0.15) is 12.0 Å². The monoisotopic (exact) mass is 232 g/mol. The van der Waals surface area contributed by atoms with E-state index < -0.39 is 5.91 Å². The van der Waals surface area contributed by atoms with Gasteiger partial charge in [-0.15, -0.1) is 0 Å². The number of nitrogens with one attached hydrogen (secondary N) is 1. The van der Waals surface area contributed by atoms with Crippen LogP contribution < -0.4 is 11.3 Å². The van der Waals surface area contributed by atoms with Crippen molar-refractivity contribution in [3.8, 4) is 11.3 Å². The molecule has 17 heavy (non-hydrogen) atoms. The SMILES string of the molecule is NC(=O)CCc1c(-c2ccccc2)o[nH]c1=O. The van der Waals surface area contributed by atoms with Crippen LogP contribution in [0.4, 0.5) is 0 Å². The molecule has 0 fully saturated rings. The molecule has 0 bridgehead atoms. The lowest BCUT2D eigenvalue weighted by Gasteiger charge is -1.98. The van der Waals surface area contributed by atoms with Gasteiger partial charge in [-0.05, 0) is 6.42 Å². The summed E-state index contributed by atoms with van der Waals surface area (Å²) in [6.07, 6.45) is 0.411. The van der Waals surface area contributed by atoms with Crippen LogP contribution in [0.15, 0.2) is 39.6 Å². The van der Waals surface area contributed by atoms with Crippen molar-refractivity contribution in [2.24, 2.45) is 5.73 Å². The first-order valence-electron chi connectivity index (χ1n) is 5.22. The Balaban J connectivity index is 2.36. The predicted octanol–water partition coefficient (Wildman–Crippen LogP) is 1.05. The number of carbonyl (C=O) groups is 1. The van der Waals surface area contributed by atoms with E-state index in [4.69, 9.17) is 10.3 Å². The molecule has 0 saturated heterocycles. The van der Waals surface area contributed by atoms with E-state index >= 15 is 0 Å². The van der Waals surface area contributed by atoms with Gasteiger partial charge in [-0.25, -0.2) is 0 Å². The van der Waals surface area contributed by atoms with Gasteiger partial charge in [-0.1, -0.05) is 30.3 Å². The molecule has 0 aliphatic heterocycles. The number of carbonyl (C=O) groups excluding carboxylic acids is 1. The van der Waals surface area contributed by atoms with E-state index in [0.717, 1.165) is 5.56 Å². The van der Waals surface area contributed by atoms with Gasteiger partial charge < -0.3 is 10.3 Å². The Bertz CT molecular complexity index is 569. The van der Waals surface area contributed by atoms with Gasteiger partial charge in [0.25, 0.3) is 5.56 Å². The lowest BCUT2D eigenvalue weighted by molar-refractivity contribution is -0.117. The van der Waals surface area contributed by atoms with E-state index in [2.05, 4.69) is 5.16 Å². The highest BCUT2D eigenvalue weighted by Gasteiger charge is 2.14. The minimum absolute atomic E-state index is 0.127. The molecule has 0 aliphatic carbocycles. The van der Waals surface area contributed by atoms with Gasteiger partial charge >= 0.3 is 0 Å². The molecule has 1 amide bonds. The van der Waals surface area contributed by atoms with Gasteiger partial charge in [0.15, 0.2) is 5.76 Å². The molecule has 3 N–H and O–H groups in total. The molecule has 2 aromatic rings. The van der Waals surface area contributed by atoms with E-state index in [1.807, 2.05) is 30.3 Å². The van der Waals surface area contributed by atoms with Gasteiger partial charge in [-0.3, -0.25) is 9.59 Å². The van der Waals surface area contributed by atoms with Crippen molar-refractivity contribution in [1.29, 1.82) is 0 Å². The maximum atomic E-state index is 11.5. The fourth-order valence-electron chi connectivity index (χ4n) is 1.62. The topological polar surface area (TPSA) is 89.1 Å². The predicted molar refractivity (Wildman–Crippen MR) is 62.3 cm³/mol. The zero-order valence-electron chi connectivity index (χ0n) is 9.10. The number of H-pyrrole nitrogens is 1. The Hall–Kier alpha value is -2.30. The molecule has 0 unspecified atom stereocenters. The van der Waals surface area contributed by atoms with Crippen LogP contribution >= 0.6 is 0 Å². The lowest BCUT2D eigenvalue weighted by Crippen LogP contribution is -2.14. The van der Waals surface area contributed by atoms with Crippen LogP contribution in [-0.2, 0) is 11.2 Å². The Morgan fingerprint density at radius 1 is 1.29 bits per heavy atom. The van der Waals surface area contributed by atoms with Gasteiger partial charge in [-0.2, -0.15) is 5.16 Å². The molecule has 0 atom stereocenters. The molecule has 5 heteroatoms. The number of aromatic nitrogens is 1. The van der Waals surface area contributed by atoms with Gasteiger partial charge in [0.2, 0.25) is 5.91 Å². The molecule has 0 saturated carbocycles. The highest BCUT2D eigenvalue weighted by atomic mass is 16.5. The third kappa shape index (κ3) is 2.44. The highest BCUT2D eigenvalue weighted by molar-refractivity contribution is 5.74. The number of nitrogens with two attached hydrogens (primary N) is 1. The summed E-state index contributed by atoms with van der Waals surface area (Å²) < 4.78 is 5.12. The lowest BCUT2D eigenvalue weighted by atomic mass is 10.1. The first kappa shape index (κ1) is 11.2. The van der Waals surface area contributed by atoms with Crippen LogP contribution in [0.5, 0.6) is 0 Å². The number of hydrogen-bond donors (Lipinski definition) is 2. The summed E-state index contributed by atoms with van der Waals surface area (Å²) in [6, 6.07) is 9.23. The number of benzene rings is 1. The fourth-order valence-corrected chi connectivity index (χ4v) is 1.62. The van der Waals surface area contributed by atoms with Crippen LogP contribution in [-0.4, -0.2) is 11.1 Å². The first-order chi connectivity index (χ1) is 8.18. The summed E-state index contributed by atoms with van der Waals surface area (Å²) in [6.45, 7) is 0. The molecule has 1 aromatic carbocycles. The van der Waals surface area contributed by atoms with E-state index in [1.165, 1.54) is 0 Å². The number of primary amides is 1. The summed E-state index contributed by atoms with van der Waals surface area (Å²) in [5.41, 5.74) is 6.00. The van der Waals surface area contributed by atoms with Crippen molar-refractivity contribution in [2.45, 2.75) is 12.8 Å². The van der Waals surface area contributed by atoms with Gasteiger partial charge in [0.1, 0.15) is 0 Å². The highest BCUT2D eigenvalue weighted by Crippen LogP contribution is 2.21. The molecule has 5 nitrogen and oxygen atoms in total. The maximum absolute atomic E-state index is 11.5. The van der Waals surface area contributed by atoms with Crippen molar-refractivity contribution in [2.75, 3.05) is 0 Å². The zero-order chi connectivity index (χ0) is 12.3. The molecular weight excluding hydrogens is 220 g/mol. The smallest absolute Gasteiger partial charge is 0.283 e. The Morgan fingerprint density at radius 2 is 2.00 bits per heavy atom. The third-order valence-corrected chi connectivity index (χ3v) is 2.45. The second-order valence-corrected chi connectivity index (χ2v) is 3.67. The second-order valence-electron chi connectivity index (χ2n) is 3.67. The zero-order valence-corrected chi connectivity index (χ0v) is 9.10. The number of amides is 1. The van der Waals surface area contributed by atoms with Crippen LogP contribution in [0.2, 0.25) is 0 Å². The largest absolute Gasteiger partial charge is 0.378 e. The third-order valence-electron chi connectivity index (χ3n) is 2.45. The molecule has 1 aromatic heterocycles. The molecular formula is C12H12N2O3. The quantitative estimate of drug-likeness (QED) is 0.825. The van der Waals surface area contributed by atoms with E-state index in [-0.39, 0.29) is 18.4 Å². The Morgan fingerprint density at radius 3 is 2.65 bits per heavy atom. The fraction of sp³-hybridized carbons (Fsp3) is 0.167. The molecule has 2 rings (SSSR count). The van der Waals surface area contributed by atoms with E-state index in [1.54, 1.807) is 0 Å². The molecule has 0 spiro atoms. The normalized spacial score (nSPS) is 10.4. The average Bonchev–Trinajstić information content (AvgIpc) is 2.69. The van der Waals surface area contributed by atoms with Crippen LogP contribution in [0, 0.1) is 0 Å². The van der Waals surface area contributed by atoms with Crippen molar-refractivity contribution in [1.82, 2.24) is 5.16 Å². The van der Waals surface area contributed by atoms with Crippen molar-refractivity contribution in [3.05, 3.63) is 46.2 Å². The van der Waals surface area contributed by atoms with Crippen LogP contribution in [0.3, 0.4) is 0 Å². The number of aromatic amines is 1. The molecule has 1 heterocycles. The molecule has 88 valence electrons. The van der Waals surface area contributed by atoms with Gasteiger partial charge in [0, 0.05) is 12.0 Å². The minimum atomic E-state index is -0.440. The van der Waals surface area contributed by atoms with Crippen LogP contribution in [0.25, 0.3) is 11.3 Å². The van der Waals surface area contributed by atoms with Crippen molar-refractivity contribution < 1.29 is 9.32 Å². The summed E-state index contributed by atoms with van der Waals surface area (Å²) in [4.78, 5) is 22.3. The van der Waals surface area contributed by atoms with E-state index in [9.17, 15) is 9.59 Å². The first-order valence-corrected chi connectivity index (χ1v) is 5.22. The average molecular weight is 232 g/mol. The maximum Gasteiger partial charge on any atom is 0.283 e. The second kappa shape index (κ2) is 4.69. The Labute approximate surface area is 97.2 Å². The van der Waals surface area contributed by atoms with Crippen molar-refractivity contribution >= 4 is 5.91 Å². The molecule has 0 aliphatic rings. The Kier molecular flexibility index (Phi) is 3.09. The van der Waals surface area contributed by atoms with Crippen molar-refractivity contribution in [3.63, 3.8) is 0 Å². The summed E-state index contributed by atoms with van der Waals surface area (Å²) >= 11 is 0. The standard InChI is InChI=1S/C12H12N2O3/c13-10(15)7-6-9-11(17-14-12(9)16)8-4-2-1-3-5-8/h1-5H,6-7H2,(H2,13,15)(H,14,16). The molecule has 0 radical (unpaired) electrons. The van der Waals surface area contributed by atoms with E-state index in [0.29, 0.717) is 11.3 Å². The summed E-state index contributed by atoms with van der Waals surface area (Å²) in [5, 5.41) is 2.28. The van der Waals surface area contributed by atoms with Gasteiger partial charge in [0.05, 0.1) is 5.56 Å².